The maximum Gasteiger partial charge on any atom is 0.126 e. The summed E-state index contributed by atoms with van der Waals surface area (Å²) < 4.78 is 35.9. The summed E-state index contributed by atoms with van der Waals surface area (Å²) in [6.45, 7) is 33.7. The van der Waals surface area contributed by atoms with Crippen molar-refractivity contribution in [1.82, 2.24) is 0 Å². The maximum absolute atomic E-state index is 6.50. The average molecular weight is 713 g/mol. The minimum atomic E-state index is -0.105. The quantitative estimate of drug-likeness (QED) is 0.155. The van der Waals surface area contributed by atoms with Crippen LogP contribution in [-0.4, -0.2) is 58.0 Å². The molecule has 0 bridgehead atoms. The van der Waals surface area contributed by atoms with Crippen LogP contribution in [0.2, 0.25) is 0 Å². The SMILES string of the molecule is Cc1cc(C(C)CC(c2cc(C)c(OCC3CO3)c(C(C)(C)C)c2)c2cc(C)c(OCC3CO3)c(C(C)(C)C)c2)cc(C(C)(C)C)c1OCC1CO1. The molecule has 3 heterocycles. The smallest absolute Gasteiger partial charge is 0.126 e. The van der Waals surface area contributed by atoms with E-state index in [4.69, 9.17) is 28.4 Å². The van der Waals surface area contributed by atoms with Crippen LogP contribution in [0.1, 0.15) is 138 Å². The number of aryl methyl sites for hydroxylation is 3. The van der Waals surface area contributed by atoms with Crippen molar-refractivity contribution < 1.29 is 28.4 Å². The molecule has 4 atom stereocenters. The van der Waals surface area contributed by atoms with E-state index < -0.39 is 0 Å². The molecular weight excluding hydrogens is 649 g/mol. The van der Waals surface area contributed by atoms with E-state index in [0.717, 1.165) is 43.5 Å². The first-order valence-electron chi connectivity index (χ1n) is 19.5. The van der Waals surface area contributed by atoms with E-state index in [1.54, 1.807) is 0 Å². The zero-order chi connectivity index (χ0) is 37.7. The summed E-state index contributed by atoms with van der Waals surface area (Å²) in [6, 6.07) is 14.4. The summed E-state index contributed by atoms with van der Waals surface area (Å²) in [6.07, 6.45) is 1.56. The normalized spacial score (nSPS) is 21.1. The summed E-state index contributed by atoms with van der Waals surface area (Å²) in [5.74, 6) is 3.40. The first kappa shape index (κ1) is 38.7. The van der Waals surface area contributed by atoms with Crippen molar-refractivity contribution >= 4 is 0 Å². The molecule has 6 heteroatoms. The highest BCUT2D eigenvalue weighted by Gasteiger charge is 2.32. The number of epoxide rings is 3. The Labute approximate surface area is 313 Å². The van der Waals surface area contributed by atoms with Crippen LogP contribution in [0.3, 0.4) is 0 Å². The van der Waals surface area contributed by atoms with Crippen LogP contribution < -0.4 is 14.2 Å². The third-order valence-electron chi connectivity index (χ3n) is 10.7. The van der Waals surface area contributed by atoms with Gasteiger partial charge >= 0.3 is 0 Å². The largest absolute Gasteiger partial charge is 0.490 e. The summed E-state index contributed by atoms with van der Waals surface area (Å²) in [5, 5.41) is 0. The lowest BCUT2D eigenvalue weighted by atomic mass is 9.75. The third kappa shape index (κ3) is 9.35. The molecular formula is C46H64O6. The van der Waals surface area contributed by atoms with Gasteiger partial charge in [0.05, 0.1) is 19.8 Å². The summed E-state index contributed by atoms with van der Waals surface area (Å²) in [7, 11) is 0. The van der Waals surface area contributed by atoms with Gasteiger partial charge in [-0.25, -0.2) is 0 Å². The van der Waals surface area contributed by atoms with Crippen LogP contribution in [0, 0.1) is 20.8 Å². The molecule has 3 saturated heterocycles. The van der Waals surface area contributed by atoms with Gasteiger partial charge < -0.3 is 28.4 Å². The lowest BCUT2D eigenvalue weighted by molar-refractivity contribution is 0.256. The van der Waals surface area contributed by atoms with E-state index in [2.05, 4.69) is 126 Å². The van der Waals surface area contributed by atoms with Gasteiger partial charge in [-0.3, -0.25) is 0 Å². The van der Waals surface area contributed by atoms with Crippen LogP contribution in [0.25, 0.3) is 0 Å². The lowest BCUT2D eigenvalue weighted by Gasteiger charge is -2.31. The van der Waals surface area contributed by atoms with Crippen LogP contribution >= 0.6 is 0 Å². The summed E-state index contributed by atoms with van der Waals surface area (Å²) in [4.78, 5) is 0. The van der Waals surface area contributed by atoms with Crippen molar-refractivity contribution in [2.75, 3.05) is 39.6 Å². The number of benzene rings is 3. The van der Waals surface area contributed by atoms with Crippen LogP contribution in [0.5, 0.6) is 17.2 Å². The Morgan fingerprint density at radius 1 is 0.519 bits per heavy atom. The molecule has 0 radical (unpaired) electrons. The van der Waals surface area contributed by atoms with E-state index in [9.17, 15) is 0 Å². The van der Waals surface area contributed by atoms with E-state index >= 15 is 0 Å². The van der Waals surface area contributed by atoms with Crippen molar-refractivity contribution in [2.24, 2.45) is 0 Å². The molecule has 3 aromatic rings. The number of ether oxygens (including phenoxy) is 6. The summed E-state index contributed by atoms with van der Waals surface area (Å²) >= 11 is 0. The molecule has 4 unspecified atom stereocenters. The predicted octanol–water partition coefficient (Wildman–Crippen LogP) is 10.2. The lowest BCUT2D eigenvalue weighted by Crippen LogP contribution is -2.19. The topological polar surface area (TPSA) is 65.3 Å². The van der Waals surface area contributed by atoms with Gasteiger partial charge in [-0.05, 0) is 82.7 Å². The first-order chi connectivity index (χ1) is 24.3. The Morgan fingerprint density at radius 2 is 0.808 bits per heavy atom. The Hall–Kier alpha value is -3.06. The number of hydrogen-bond acceptors (Lipinski definition) is 6. The fourth-order valence-corrected chi connectivity index (χ4v) is 7.31. The second-order valence-corrected chi connectivity index (χ2v) is 18.9. The van der Waals surface area contributed by atoms with Crippen molar-refractivity contribution in [3.63, 3.8) is 0 Å². The Bertz CT molecular complexity index is 1660. The van der Waals surface area contributed by atoms with E-state index in [1.165, 1.54) is 50.1 Å². The Morgan fingerprint density at radius 3 is 1.10 bits per heavy atom. The molecule has 3 aliphatic heterocycles. The van der Waals surface area contributed by atoms with Crippen molar-refractivity contribution in [3.8, 4) is 17.2 Å². The molecule has 0 amide bonds. The maximum atomic E-state index is 6.50. The molecule has 52 heavy (non-hydrogen) atoms. The molecule has 3 fully saturated rings. The van der Waals surface area contributed by atoms with Crippen LogP contribution in [0.4, 0.5) is 0 Å². The van der Waals surface area contributed by atoms with E-state index in [0.29, 0.717) is 19.8 Å². The van der Waals surface area contributed by atoms with Crippen molar-refractivity contribution in [1.29, 1.82) is 0 Å². The Kier molecular flexibility index (Phi) is 10.9. The van der Waals surface area contributed by atoms with E-state index in [-0.39, 0.29) is 46.4 Å². The van der Waals surface area contributed by atoms with Crippen molar-refractivity contribution in [2.45, 2.75) is 143 Å². The third-order valence-corrected chi connectivity index (χ3v) is 10.7. The highest BCUT2D eigenvalue weighted by molar-refractivity contribution is 5.54. The van der Waals surface area contributed by atoms with Gasteiger partial charge in [0.1, 0.15) is 55.4 Å². The average Bonchev–Trinajstić information content (AvgIpc) is 3.88. The molecule has 6 rings (SSSR count). The monoisotopic (exact) mass is 712 g/mol. The molecule has 0 N–H and O–H groups in total. The highest BCUT2D eigenvalue weighted by atomic mass is 16.6. The molecule has 284 valence electrons. The zero-order valence-electron chi connectivity index (χ0n) is 34.3. The number of hydrogen-bond donors (Lipinski definition) is 0. The fraction of sp³-hybridized carbons (Fsp3) is 0.609. The van der Waals surface area contributed by atoms with Gasteiger partial charge in [-0.15, -0.1) is 0 Å². The van der Waals surface area contributed by atoms with Gasteiger partial charge in [0, 0.05) is 22.6 Å². The summed E-state index contributed by atoms with van der Waals surface area (Å²) in [5.41, 5.74) is 11.0. The minimum Gasteiger partial charge on any atom is -0.490 e. The van der Waals surface area contributed by atoms with Crippen LogP contribution in [-0.2, 0) is 30.5 Å². The molecule has 3 aliphatic rings. The molecule has 0 spiro atoms. The first-order valence-corrected chi connectivity index (χ1v) is 19.5. The second kappa shape index (κ2) is 14.6. The Balaban J connectivity index is 1.45. The van der Waals surface area contributed by atoms with E-state index in [1.807, 2.05) is 0 Å². The van der Waals surface area contributed by atoms with Crippen molar-refractivity contribution in [3.05, 3.63) is 86.5 Å². The highest BCUT2D eigenvalue weighted by Crippen LogP contribution is 2.46. The minimum absolute atomic E-state index is 0.0697. The molecule has 0 saturated carbocycles. The van der Waals surface area contributed by atoms with Gasteiger partial charge in [-0.1, -0.05) is 106 Å². The predicted molar refractivity (Wildman–Crippen MR) is 210 cm³/mol. The number of rotatable bonds is 14. The van der Waals surface area contributed by atoms with Gasteiger partial charge in [0.25, 0.3) is 0 Å². The van der Waals surface area contributed by atoms with Gasteiger partial charge in [-0.2, -0.15) is 0 Å². The molecule has 6 nitrogen and oxygen atoms in total. The standard InChI is InChI=1S/C46H64O6/c1-27(31-14-28(2)41(50-24-34-21-47-34)38(18-31)44(5,6)7)17-37(32-15-29(3)42(51-25-35-22-48-35)39(19-32)45(8,9)10)33-16-30(4)43(52-26-36-23-49-36)40(20-33)46(11,12)13/h14-16,18-20,27,34-37H,17,21-26H2,1-13H3. The molecule has 0 aliphatic carbocycles. The van der Waals surface area contributed by atoms with Crippen LogP contribution in [0.15, 0.2) is 36.4 Å². The molecule has 0 aromatic heterocycles. The van der Waals surface area contributed by atoms with Gasteiger partial charge in [0.2, 0.25) is 0 Å². The second-order valence-electron chi connectivity index (χ2n) is 18.9. The zero-order valence-corrected chi connectivity index (χ0v) is 34.3. The van der Waals surface area contributed by atoms with Gasteiger partial charge in [0.15, 0.2) is 0 Å². The molecule has 3 aromatic carbocycles. The fourth-order valence-electron chi connectivity index (χ4n) is 7.31.